The zero-order chi connectivity index (χ0) is 13.1. The molecule has 1 unspecified atom stereocenters. The predicted molar refractivity (Wildman–Crippen MR) is 69.0 cm³/mol. The summed E-state index contributed by atoms with van der Waals surface area (Å²) in [4.78, 5) is 8.25. The lowest BCUT2D eigenvalue weighted by Gasteiger charge is -2.36. The second-order valence-corrected chi connectivity index (χ2v) is 4.93. The molecule has 5 heteroatoms. The molecule has 0 amide bonds. The maximum absolute atomic E-state index is 14.1. The lowest BCUT2D eigenvalue weighted by molar-refractivity contribution is 0.246. The quantitative estimate of drug-likeness (QED) is 0.880. The van der Waals surface area contributed by atoms with Gasteiger partial charge in [0.05, 0.1) is 6.61 Å². The maximum atomic E-state index is 14.1. The number of hydrogen-bond donors (Lipinski definition) is 1. The van der Waals surface area contributed by atoms with Crippen LogP contribution in [0.1, 0.15) is 18.4 Å². The Balaban J connectivity index is 2.20. The lowest BCUT2D eigenvalue weighted by Crippen LogP contribution is -2.45. The highest BCUT2D eigenvalue weighted by Gasteiger charge is 2.24. The molecular weight excluding hydrogens is 233 g/mol. The highest BCUT2D eigenvalue weighted by atomic mass is 19.1. The summed E-state index contributed by atoms with van der Waals surface area (Å²) in [5, 5.41) is 9.08. The molecule has 0 bridgehead atoms. The summed E-state index contributed by atoms with van der Waals surface area (Å²) in [6.07, 6.45) is 3.71. The van der Waals surface area contributed by atoms with E-state index in [4.69, 9.17) is 5.11 Å². The third kappa shape index (κ3) is 2.62. The van der Waals surface area contributed by atoms with Crippen LogP contribution in [0.25, 0.3) is 0 Å². The van der Waals surface area contributed by atoms with Gasteiger partial charge in [-0.05, 0) is 32.5 Å². The van der Waals surface area contributed by atoms with Crippen LogP contribution in [0, 0.1) is 5.82 Å². The third-order valence-electron chi connectivity index (χ3n) is 3.60. The van der Waals surface area contributed by atoms with Gasteiger partial charge in [0.15, 0.2) is 11.6 Å². The number of halogens is 1. The van der Waals surface area contributed by atoms with Crippen molar-refractivity contribution in [2.75, 3.05) is 32.1 Å². The van der Waals surface area contributed by atoms with E-state index in [1.54, 1.807) is 6.20 Å². The van der Waals surface area contributed by atoms with Crippen molar-refractivity contribution in [3.05, 3.63) is 23.6 Å². The Morgan fingerprint density at radius 3 is 3.06 bits per heavy atom. The number of aliphatic hydroxyl groups is 1. The third-order valence-corrected chi connectivity index (χ3v) is 3.60. The van der Waals surface area contributed by atoms with Gasteiger partial charge in [0.25, 0.3) is 0 Å². The summed E-state index contributed by atoms with van der Waals surface area (Å²) >= 11 is 0. The first-order valence-electron chi connectivity index (χ1n) is 6.29. The topological polar surface area (TPSA) is 39.6 Å². The highest BCUT2D eigenvalue weighted by Crippen LogP contribution is 2.23. The first-order valence-corrected chi connectivity index (χ1v) is 6.29. The van der Waals surface area contributed by atoms with Crippen molar-refractivity contribution in [3.8, 4) is 0 Å². The number of nitrogens with zero attached hydrogens (tertiary/aromatic N) is 3. The van der Waals surface area contributed by atoms with Crippen LogP contribution in [-0.2, 0) is 6.61 Å². The number of anilines is 1. The average molecular weight is 253 g/mol. The van der Waals surface area contributed by atoms with E-state index in [2.05, 4.69) is 16.9 Å². The Labute approximate surface area is 107 Å². The Morgan fingerprint density at radius 1 is 1.61 bits per heavy atom. The van der Waals surface area contributed by atoms with Crippen LogP contribution in [0.3, 0.4) is 0 Å². The maximum Gasteiger partial charge on any atom is 0.171 e. The number of pyridine rings is 1. The molecule has 0 aromatic carbocycles. The summed E-state index contributed by atoms with van der Waals surface area (Å²) in [5.74, 6) is -0.0717. The van der Waals surface area contributed by atoms with Crippen molar-refractivity contribution in [1.29, 1.82) is 0 Å². The summed E-state index contributed by atoms with van der Waals surface area (Å²) in [6.45, 7) is 1.72. The van der Waals surface area contributed by atoms with Crippen LogP contribution in [0.2, 0.25) is 0 Å². The molecule has 1 aliphatic rings. The van der Waals surface area contributed by atoms with Gasteiger partial charge in [-0.25, -0.2) is 9.37 Å². The van der Waals surface area contributed by atoms with Crippen molar-refractivity contribution >= 4 is 5.82 Å². The summed E-state index contributed by atoms with van der Waals surface area (Å²) < 4.78 is 14.1. The van der Waals surface area contributed by atoms with Gasteiger partial charge < -0.3 is 14.9 Å². The minimum absolute atomic E-state index is 0.277. The number of aliphatic hydroxyl groups excluding tert-OH is 1. The minimum Gasteiger partial charge on any atom is -0.392 e. The lowest BCUT2D eigenvalue weighted by atomic mass is 10.0. The second kappa shape index (κ2) is 5.63. The summed E-state index contributed by atoms with van der Waals surface area (Å²) in [7, 11) is 3.95. The van der Waals surface area contributed by atoms with Gasteiger partial charge in [0.1, 0.15) is 0 Å². The van der Waals surface area contributed by atoms with Crippen LogP contribution in [0.5, 0.6) is 0 Å². The number of rotatable bonds is 3. The van der Waals surface area contributed by atoms with E-state index in [-0.39, 0.29) is 12.6 Å². The van der Waals surface area contributed by atoms with Gasteiger partial charge in [-0.2, -0.15) is 0 Å². The first-order chi connectivity index (χ1) is 8.63. The van der Waals surface area contributed by atoms with Crippen LogP contribution < -0.4 is 4.90 Å². The fourth-order valence-electron chi connectivity index (χ4n) is 2.47. The molecule has 0 spiro atoms. The Kier molecular flexibility index (Phi) is 4.14. The van der Waals surface area contributed by atoms with E-state index in [9.17, 15) is 4.39 Å². The van der Waals surface area contributed by atoms with Crippen LogP contribution >= 0.6 is 0 Å². The fraction of sp³-hybridized carbons (Fsp3) is 0.615. The van der Waals surface area contributed by atoms with Gasteiger partial charge in [-0.3, -0.25) is 0 Å². The molecule has 1 N–H and O–H groups in total. The van der Waals surface area contributed by atoms with E-state index in [1.165, 1.54) is 6.07 Å². The molecule has 0 radical (unpaired) electrons. The Hall–Kier alpha value is -1.20. The fourth-order valence-corrected chi connectivity index (χ4v) is 2.47. The van der Waals surface area contributed by atoms with Gasteiger partial charge >= 0.3 is 0 Å². The molecule has 100 valence electrons. The predicted octanol–water partition coefficient (Wildman–Crippen LogP) is 1.24. The zero-order valence-corrected chi connectivity index (χ0v) is 10.9. The average Bonchev–Trinajstić information content (AvgIpc) is 2.38. The zero-order valence-electron chi connectivity index (χ0n) is 10.9. The molecule has 1 aromatic heterocycles. The summed E-state index contributed by atoms with van der Waals surface area (Å²) in [6, 6.07) is 1.79. The van der Waals surface area contributed by atoms with E-state index in [0.717, 1.165) is 25.9 Å². The van der Waals surface area contributed by atoms with Crippen molar-refractivity contribution in [2.24, 2.45) is 0 Å². The smallest absolute Gasteiger partial charge is 0.171 e. The van der Waals surface area contributed by atoms with Gasteiger partial charge in [0, 0.05) is 31.4 Å². The molecule has 1 fully saturated rings. The first kappa shape index (κ1) is 13.2. The van der Waals surface area contributed by atoms with Gasteiger partial charge in [0.2, 0.25) is 0 Å². The normalized spacial score (nSPS) is 21.0. The van der Waals surface area contributed by atoms with Gasteiger partial charge in [-0.15, -0.1) is 0 Å². The SMILES string of the molecule is CN1CCCC(N(C)c2nccc(CO)c2F)C1. The second-order valence-electron chi connectivity index (χ2n) is 4.93. The molecule has 0 saturated carbocycles. The molecule has 18 heavy (non-hydrogen) atoms. The monoisotopic (exact) mass is 253 g/mol. The standard InChI is InChI=1S/C13H20FN3O/c1-16-7-3-4-11(8-16)17(2)13-12(14)10(9-18)5-6-15-13/h5-6,11,18H,3-4,7-9H2,1-2H3. The molecule has 2 rings (SSSR count). The summed E-state index contributed by atoms with van der Waals surface area (Å²) in [5.41, 5.74) is 0.302. The van der Waals surface area contributed by atoms with Crippen LogP contribution in [-0.4, -0.2) is 48.2 Å². The number of likely N-dealkylation sites (tertiary alicyclic amines) is 1. The Morgan fingerprint density at radius 2 is 2.39 bits per heavy atom. The molecule has 4 nitrogen and oxygen atoms in total. The molecule has 1 aromatic rings. The van der Waals surface area contributed by atoms with Crippen LogP contribution in [0.15, 0.2) is 12.3 Å². The highest BCUT2D eigenvalue weighted by molar-refractivity contribution is 5.43. The van der Waals surface area contributed by atoms with Gasteiger partial charge in [-0.1, -0.05) is 0 Å². The molecule has 1 aliphatic heterocycles. The van der Waals surface area contributed by atoms with E-state index in [1.807, 2.05) is 11.9 Å². The number of likely N-dealkylation sites (N-methyl/N-ethyl adjacent to an activating group) is 2. The van der Waals surface area contributed by atoms with Crippen molar-refractivity contribution in [3.63, 3.8) is 0 Å². The molecule has 1 atom stereocenters. The molecule has 1 saturated heterocycles. The van der Waals surface area contributed by atoms with E-state index >= 15 is 0 Å². The number of aromatic nitrogens is 1. The number of piperidine rings is 1. The number of hydrogen-bond acceptors (Lipinski definition) is 4. The molecular formula is C13H20FN3O. The van der Waals surface area contributed by atoms with Crippen molar-refractivity contribution in [1.82, 2.24) is 9.88 Å². The van der Waals surface area contributed by atoms with Crippen molar-refractivity contribution in [2.45, 2.75) is 25.5 Å². The Bertz CT molecular complexity index is 413. The van der Waals surface area contributed by atoms with Crippen molar-refractivity contribution < 1.29 is 9.50 Å². The largest absolute Gasteiger partial charge is 0.392 e. The minimum atomic E-state index is -0.407. The molecule has 0 aliphatic carbocycles. The van der Waals surface area contributed by atoms with E-state index < -0.39 is 5.82 Å². The molecule has 2 heterocycles. The van der Waals surface area contributed by atoms with E-state index in [0.29, 0.717) is 11.4 Å². The van der Waals surface area contributed by atoms with Crippen LogP contribution in [0.4, 0.5) is 10.2 Å².